The first kappa shape index (κ1) is 57.9. The zero-order valence-corrected chi connectivity index (χ0v) is 45.1. The lowest BCUT2D eigenvalue weighted by atomic mass is 9.99. The van der Waals surface area contributed by atoms with E-state index in [1.807, 2.05) is 62.4 Å². The van der Waals surface area contributed by atoms with Crippen molar-refractivity contribution in [1.82, 2.24) is 30.7 Å². The van der Waals surface area contributed by atoms with Crippen molar-refractivity contribution in [2.75, 3.05) is 35.4 Å². The highest BCUT2D eigenvalue weighted by atomic mass is 16.5. The van der Waals surface area contributed by atoms with Crippen LogP contribution in [0.4, 0.5) is 4.79 Å². The van der Waals surface area contributed by atoms with Crippen molar-refractivity contribution in [3.05, 3.63) is 155 Å². The van der Waals surface area contributed by atoms with E-state index in [1.165, 1.54) is 63.9 Å². The van der Waals surface area contributed by atoms with Crippen molar-refractivity contribution in [1.29, 1.82) is 0 Å². The smallest absolute Gasteiger partial charge is 0.408 e. The number of nitrogens with zero attached hydrogens (tertiary/aromatic N) is 3. The summed E-state index contributed by atoms with van der Waals surface area (Å²) >= 11 is 0. The minimum Gasteiger partial charge on any atom is -0.497 e. The van der Waals surface area contributed by atoms with E-state index in [0.717, 1.165) is 11.1 Å². The van der Waals surface area contributed by atoms with Gasteiger partial charge in [-0.05, 0) is 90.4 Å². The van der Waals surface area contributed by atoms with E-state index < -0.39 is 77.8 Å². The van der Waals surface area contributed by atoms with Crippen molar-refractivity contribution in [2.45, 2.75) is 103 Å². The fraction of sp³-hybridized carbons (Fsp3) is 0.373. The third-order valence-electron chi connectivity index (χ3n) is 13.3. The molecule has 0 unspecified atom stereocenters. The molecule has 18 heteroatoms. The van der Waals surface area contributed by atoms with Gasteiger partial charge in [0.25, 0.3) is 0 Å². The van der Waals surface area contributed by atoms with Crippen molar-refractivity contribution in [3.8, 4) is 23.0 Å². The first-order valence-corrected chi connectivity index (χ1v) is 25.5. The van der Waals surface area contributed by atoms with E-state index in [-0.39, 0.29) is 44.8 Å². The summed E-state index contributed by atoms with van der Waals surface area (Å²) in [6.45, 7) is 6.65. The lowest BCUT2D eigenvalue weighted by Crippen LogP contribution is -2.60. The quantitative estimate of drug-likeness (QED) is 0.0722. The lowest BCUT2D eigenvalue weighted by Gasteiger charge is -2.36. The largest absolute Gasteiger partial charge is 0.497 e. The van der Waals surface area contributed by atoms with Crippen LogP contribution in [-0.4, -0.2) is 128 Å². The van der Waals surface area contributed by atoms with Gasteiger partial charge in [0.05, 0.1) is 14.2 Å². The average molecular weight is 1060 g/mol. The summed E-state index contributed by atoms with van der Waals surface area (Å²) in [5.41, 5.74) is 3.47. The zero-order valence-electron chi connectivity index (χ0n) is 45.1. The molecule has 408 valence electrons. The molecule has 2 aliphatic rings. The summed E-state index contributed by atoms with van der Waals surface area (Å²) in [6.07, 6.45) is -0.618. The molecule has 6 atom stereocenters. The number of rotatable bonds is 20. The van der Waals surface area contributed by atoms with E-state index in [0.29, 0.717) is 39.7 Å². The number of nitrogens with one attached hydrogen (secondary N) is 3. The molecule has 18 nitrogen and oxygen atoms in total. The molecule has 0 saturated heterocycles. The molecule has 6 amide bonds. The Bertz CT molecular complexity index is 2810. The third kappa shape index (κ3) is 16.1. The minimum atomic E-state index is -1.25. The van der Waals surface area contributed by atoms with Gasteiger partial charge in [-0.1, -0.05) is 105 Å². The van der Waals surface area contributed by atoms with E-state index >= 15 is 4.79 Å². The highest BCUT2D eigenvalue weighted by Crippen LogP contribution is 2.34. The first-order valence-electron chi connectivity index (χ1n) is 25.5. The molecule has 4 bridgehead atoms. The molecule has 0 fully saturated rings. The number of esters is 1. The van der Waals surface area contributed by atoms with Crippen molar-refractivity contribution < 1.29 is 57.2 Å². The number of fused-ring (bicyclic) bond motifs is 7. The van der Waals surface area contributed by atoms with E-state index in [9.17, 15) is 28.8 Å². The van der Waals surface area contributed by atoms with Gasteiger partial charge in [0.2, 0.25) is 29.5 Å². The van der Waals surface area contributed by atoms with Crippen LogP contribution in [0.2, 0.25) is 0 Å². The van der Waals surface area contributed by atoms with Gasteiger partial charge < -0.3 is 54.3 Å². The number of amides is 6. The highest BCUT2D eigenvalue weighted by Gasteiger charge is 2.39. The summed E-state index contributed by atoms with van der Waals surface area (Å²) < 4.78 is 28.3. The molecule has 0 radical (unpaired) electrons. The molecular formula is C59H70N6O12. The number of hydrogen-bond donors (Lipinski definition) is 3. The Kier molecular flexibility index (Phi) is 20.6. The first-order chi connectivity index (χ1) is 36.8. The lowest BCUT2D eigenvalue weighted by molar-refractivity contribution is -0.157. The number of benzene rings is 5. The molecule has 0 spiro atoms. The van der Waals surface area contributed by atoms with Gasteiger partial charge in [0, 0.05) is 40.4 Å². The van der Waals surface area contributed by atoms with Crippen LogP contribution in [0.25, 0.3) is 0 Å². The Labute approximate surface area is 450 Å². The number of ether oxygens (including phenoxy) is 5. The molecule has 5 aromatic carbocycles. The summed E-state index contributed by atoms with van der Waals surface area (Å²) in [5.74, 6) is -2.00. The second-order valence-corrected chi connectivity index (χ2v) is 19.5. The fourth-order valence-corrected chi connectivity index (χ4v) is 8.79. The van der Waals surface area contributed by atoms with Crippen molar-refractivity contribution in [2.24, 2.45) is 5.92 Å². The molecule has 3 N–H and O–H groups in total. The Morgan fingerprint density at radius 3 is 1.87 bits per heavy atom. The average Bonchev–Trinajstić information content (AvgIpc) is 3.43. The number of alkyl carbamates (subject to hydrolysis) is 1. The number of likely N-dealkylation sites (N-methyl/N-ethyl adjacent to an activating group) is 3. The van der Waals surface area contributed by atoms with Gasteiger partial charge in [-0.15, -0.1) is 0 Å². The summed E-state index contributed by atoms with van der Waals surface area (Å²) in [4.78, 5) is 103. The second kappa shape index (κ2) is 27.4. The van der Waals surface area contributed by atoms with E-state index in [4.69, 9.17) is 23.7 Å². The molecule has 0 aromatic heterocycles. The van der Waals surface area contributed by atoms with Gasteiger partial charge in [-0.25, -0.2) is 9.59 Å². The molecule has 0 aliphatic carbocycles. The molecule has 7 rings (SSSR count). The summed E-state index contributed by atoms with van der Waals surface area (Å²) in [5, 5.41) is 8.10. The third-order valence-corrected chi connectivity index (χ3v) is 13.3. The Hall–Kier alpha value is -8.41. The maximum absolute atomic E-state index is 15.0. The van der Waals surface area contributed by atoms with Crippen LogP contribution >= 0.6 is 0 Å². The Balaban J connectivity index is 1.24. The van der Waals surface area contributed by atoms with Gasteiger partial charge in [-0.3, -0.25) is 24.0 Å². The van der Waals surface area contributed by atoms with Crippen molar-refractivity contribution in [3.63, 3.8) is 0 Å². The van der Waals surface area contributed by atoms with Crippen LogP contribution in [-0.2, 0) is 70.7 Å². The highest BCUT2D eigenvalue weighted by molar-refractivity contribution is 5.96. The molecule has 77 heavy (non-hydrogen) atoms. The van der Waals surface area contributed by atoms with Crippen LogP contribution in [0.5, 0.6) is 23.0 Å². The summed E-state index contributed by atoms with van der Waals surface area (Å²) in [6, 6.07) is 30.4. The monoisotopic (exact) mass is 1050 g/mol. The van der Waals surface area contributed by atoms with Gasteiger partial charge in [-0.2, -0.15) is 0 Å². The molecule has 2 aliphatic heterocycles. The maximum Gasteiger partial charge on any atom is 0.408 e. The van der Waals surface area contributed by atoms with Crippen LogP contribution in [0.1, 0.15) is 61.9 Å². The normalized spacial score (nSPS) is 15.8. The SMILES string of the molecule is COc1ccc(C[C@@H](C(=O)N[C@@H](C)C(=O)N(C)[C@H]2Cc3ccc(cc3)Oc3cc(ccc3OC)C[C@@H](C(=O)OCc3ccccc3)N(C)C2=O)N(C)C(=O)[C@H](CC(C)C)NC(=O)[C@@H](C)NC(=O)OCc2ccccc2)cc1. The van der Waals surface area contributed by atoms with Gasteiger partial charge in [0.1, 0.15) is 61.0 Å². The predicted octanol–water partition coefficient (Wildman–Crippen LogP) is 6.41. The molecule has 2 heterocycles. The van der Waals surface area contributed by atoms with Gasteiger partial charge in [0.15, 0.2) is 11.5 Å². The van der Waals surface area contributed by atoms with E-state index in [1.54, 1.807) is 78.9 Å². The number of carbonyl (C=O) groups excluding carboxylic acids is 7. The predicted molar refractivity (Wildman–Crippen MR) is 288 cm³/mol. The standard InChI is InChI=1S/C59H70N6O12/c1-37(2)30-47(62-53(66)38(3)61-59(72)76-36-43-18-14-11-15-19-43)56(69)63(5)48(31-40-20-25-45(73-8)26-21-40)54(67)60-39(4)55(68)64(6)49-32-41-22-27-46(28-23-41)77-52-34-44(24-29-51(52)74-9)33-50(65(7)57(49)70)58(71)75-35-42-16-12-10-13-17-42/h10-29,34,37-39,47-50H,30-33,35-36H2,1-9H3,(H,60,67)(H,61,72)(H,62,66)/t38-,39+,47+,48+,49+,50+/m1/s1. The summed E-state index contributed by atoms with van der Waals surface area (Å²) in [7, 11) is 7.45. The minimum absolute atomic E-state index is 0.00849. The van der Waals surface area contributed by atoms with Crippen molar-refractivity contribution >= 4 is 41.6 Å². The topological polar surface area (TPSA) is 211 Å². The molecule has 0 saturated carbocycles. The maximum atomic E-state index is 15.0. The Morgan fingerprint density at radius 1 is 0.662 bits per heavy atom. The van der Waals surface area contributed by atoms with Crippen LogP contribution < -0.4 is 30.2 Å². The van der Waals surface area contributed by atoms with Crippen LogP contribution in [0.3, 0.4) is 0 Å². The molecule has 5 aromatic rings. The van der Waals surface area contributed by atoms with Crippen LogP contribution in [0.15, 0.2) is 127 Å². The Morgan fingerprint density at radius 2 is 1.27 bits per heavy atom. The van der Waals surface area contributed by atoms with E-state index in [2.05, 4.69) is 16.0 Å². The second-order valence-electron chi connectivity index (χ2n) is 19.5. The zero-order chi connectivity index (χ0) is 55.8. The number of hydrogen-bond acceptors (Lipinski definition) is 12. The number of methoxy groups -OCH3 is 2. The molecular weight excluding hydrogens is 985 g/mol. The fourth-order valence-electron chi connectivity index (χ4n) is 8.79. The van der Waals surface area contributed by atoms with Crippen LogP contribution in [0, 0.1) is 5.92 Å². The number of carbonyl (C=O) groups is 7. The van der Waals surface area contributed by atoms with Gasteiger partial charge >= 0.3 is 12.1 Å².